The number of hydrogen-bond acceptors (Lipinski definition) is 3. The number of rotatable bonds is 5. The number of carbonyl (C=O) groups excluding carboxylic acids is 2. The molecule has 0 bridgehead atoms. The van der Waals surface area contributed by atoms with Gasteiger partial charge in [-0.25, -0.2) is 0 Å². The molecule has 0 saturated carbocycles. The summed E-state index contributed by atoms with van der Waals surface area (Å²) in [5.74, 6) is 0.572. The monoisotopic (exact) mass is 327 g/mol. The number of aromatic nitrogens is 1. The molecule has 5 nitrogen and oxygen atoms in total. The second kappa shape index (κ2) is 7.79. The fourth-order valence-corrected chi connectivity index (χ4v) is 3.32. The molecule has 0 aromatic carbocycles. The summed E-state index contributed by atoms with van der Waals surface area (Å²) in [5, 5.41) is 3.17. The second-order valence-electron chi connectivity index (χ2n) is 5.85. The van der Waals surface area contributed by atoms with Gasteiger partial charge in [-0.2, -0.15) is 0 Å². The smallest absolute Gasteiger partial charge is 0.270 e. The fourth-order valence-electron chi connectivity index (χ4n) is 3.32. The summed E-state index contributed by atoms with van der Waals surface area (Å²) >= 11 is 0. The molecule has 1 unspecified atom stereocenters. The quantitative estimate of drug-likeness (QED) is 0.815. The lowest BCUT2D eigenvalue weighted by Gasteiger charge is -2.16. The van der Waals surface area contributed by atoms with Gasteiger partial charge in [0.2, 0.25) is 0 Å². The summed E-state index contributed by atoms with van der Waals surface area (Å²) in [4.78, 5) is 29.6. The van der Waals surface area contributed by atoms with Gasteiger partial charge < -0.3 is 15.2 Å². The van der Waals surface area contributed by atoms with E-state index in [4.69, 9.17) is 0 Å². The molecule has 1 fully saturated rings. The Morgan fingerprint density at radius 1 is 1.41 bits per heavy atom. The Bertz CT molecular complexity index is 554. The van der Waals surface area contributed by atoms with Crippen LogP contribution >= 0.6 is 12.4 Å². The molecule has 124 valence electrons. The Morgan fingerprint density at radius 3 is 2.64 bits per heavy atom. The van der Waals surface area contributed by atoms with E-state index in [1.54, 1.807) is 6.92 Å². The third kappa shape index (κ3) is 3.52. The van der Waals surface area contributed by atoms with Crippen molar-refractivity contribution in [1.82, 2.24) is 15.2 Å². The average Bonchev–Trinajstić information content (AvgIpc) is 3.02. The third-order valence-electron chi connectivity index (χ3n) is 4.28. The van der Waals surface area contributed by atoms with Gasteiger partial charge in [-0.3, -0.25) is 9.59 Å². The van der Waals surface area contributed by atoms with Crippen LogP contribution in [-0.4, -0.2) is 48.3 Å². The number of carbonyl (C=O) groups is 2. The summed E-state index contributed by atoms with van der Waals surface area (Å²) in [6.07, 6.45) is 1.72. The number of nitrogens with zero attached hydrogens (tertiary/aromatic N) is 1. The summed E-state index contributed by atoms with van der Waals surface area (Å²) in [6.45, 7) is 7.92. The molecule has 22 heavy (non-hydrogen) atoms. The molecule has 0 spiro atoms. The number of nitrogens with one attached hydrogen (secondary N) is 2. The average molecular weight is 328 g/mol. The molecule has 1 saturated heterocycles. The molecule has 1 atom stereocenters. The van der Waals surface area contributed by atoms with Crippen LogP contribution in [0, 0.1) is 12.8 Å². The van der Waals surface area contributed by atoms with Gasteiger partial charge in [0.1, 0.15) is 5.69 Å². The van der Waals surface area contributed by atoms with E-state index < -0.39 is 0 Å². The van der Waals surface area contributed by atoms with Crippen LogP contribution in [0.5, 0.6) is 0 Å². The molecule has 1 aromatic rings. The van der Waals surface area contributed by atoms with Crippen molar-refractivity contribution in [2.24, 2.45) is 5.92 Å². The number of ketones is 1. The van der Waals surface area contributed by atoms with Crippen molar-refractivity contribution < 1.29 is 9.59 Å². The fraction of sp³-hybridized carbons (Fsp3) is 0.625. The predicted octanol–water partition coefficient (Wildman–Crippen LogP) is 2.19. The van der Waals surface area contributed by atoms with Crippen molar-refractivity contribution in [3.8, 4) is 0 Å². The third-order valence-corrected chi connectivity index (χ3v) is 4.28. The summed E-state index contributed by atoms with van der Waals surface area (Å²) in [6, 6.07) is 0. The first-order valence-corrected chi connectivity index (χ1v) is 7.65. The van der Waals surface area contributed by atoms with Gasteiger partial charge in [-0.05, 0) is 51.8 Å². The molecular weight excluding hydrogens is 302 g/mol. The maximum Gasteiger partial charge on any atom is 0.270 e. The Kier molecular flexibility index (Phi) is 6.63. The highest BCUT2D eigenvalue weighted by Crippen LogP contribution is 2.24. The molecule has 1 aromatic heterocycles. The molecule has 0 radical (unpaired) electrons. The zero-order valence-corrected chi connectivity index (χ0v) is 14.6. The lowest BCUT2D eigenvalue weighted by Crippen LogP contribution is -2.31. The van der Waals surface area contributed by atoms with Crippen LogP contribution in [0.15, 0.2) is 0 Å². The maximum atomic E-state index is 12.7. The number of halogens is 1. The van der Waals surface area contributed by atoms with E-state index in [9.17, 15) is 9.59 Å². The SMILES string of the molecule is CCc1c(C(=O)N2CCC(CNC)C2)[nH]c(C)c1C(C)=O.Cl. The second-order valence-corrected chi connectivity index (χ2v) is 5.85. The number of Topliss-reactive ketones (excluding diaryl/α,β-unsaturated/α-hetero) is 1. The molecule has 2 rings (SSSR count). The van der Waals surface area contributed by atoms with Crippen molar-refractivity contribution >= 4 is 24.1 Å². The van der Waals surface area contributed by atoms with Crippen molar-refractivity contribution in [3.63, 3.8) is 0 Å². The van der Waals surface area contributed by atoms with Crippen molar-refractivity contribution in [3.05, 3.63) is 22.5 Å². The van der Waals surface area contributed by atoms with Gasteiger partial charge in [0, 0.05) is 24.3 Å². The summed E-state index contributed by atoms with van der Waals surface area (Å²) in [5.41, 5.74) is 2.95. The van der Waals surface area contributed by atoms with Crippen LogP contribution in [0.25, 0.3) is 0 Å². The largest absolute Gasteiger partial charge is 0.354 e. The molecule has 2 N–H and O–H groups in total. The van der Waals surface area contributed by atoms with Crippen molar-refractivity contribution in [2.45, 2.75) is 33.6 Å². The molecule has 2 heterocycles. The molecule has 0 aliphatic carbocycles. The normalized spacial score (nSPS) is 17.5. The van der Waals surface area contributed by atoms with Crippen LogP contribution in [-0.2, 0) is 6.42 Å². The van der Waals surface area contributed by atoms with Gasteiger partial charge in [-0.15, -0.1) is 12.4 Å². The van der Waals surface area contributed by atoms with Gasteiger partial charge >= 0.3 is 0 Å². The first kappa shape index (κ1) is 18.7. The van der Waals surface area contributed by atoms with E-state index in [0.29, 0.717) is 23.6 Å². The molecule has 6 heteroatoms. The molecular formula is C16H26ClN3O2. The minimum atomic E-state index is 0. The van der Waals surface area contributed by atoms with Crippen LogP contribution in [0.3, 0.4) is 0 Å². The van der Waals surface area contributed by atoms with Gasteiger partial charge in [-0.1, -0.05) is 6.92 Å². The number of aromatic amines is 1. The Labute approximate surface area is 138 Å². The number of H-pyrrole nitrogens is 1. The zero-order chi connectivity index (χ0) is 15.6. The first-order chi connectivity index (χ1) is 9.99. The highest BCUT2D eigenvalue weighted by Gasteiger charge is 2.30. The van der Waals surface area contributed by atoms with Gasteiger partial charge in [0.05, 0.1) is 0 Å². The van der Waals surface area contributed by atoms with Crippen LogP contribution in [0.2, 0.25) is 0 Å². The van der Waals surface area contributed by atoms with Crippen LogP contribution in [0.4, 0.5) is 0 Å². The zero-order valence-electron chi connectivity index (χ0n) is 13.8. The maximum absolute atomic E-state index is 12.7. The van der Waals surface area contributed by atoms with E-state index in [0.717, 1.165) is 37.3 Å². The lowest BCUT2D eigenvalue weighted by atomic mass is 10.0. The van der Waals surface area contributed by atoms with E-state index in [1.165, 1.54) is 0 Å². The van der Waals surface area contributed by atoms with E-state index in [-0.39, 0.29) is 24.1 Å². The van der Waals surface area contributed by atoms with Crippen molar-refractivity contribution in [1.29, 1.82) is 0 Å². The van der Waals surface area contributed by atoms with E-state index >= 15 is 0 Å². The van der Waals surface area contributed by atoms with Gasteiger partial charge in [0.15, 0.2) is 5.78 Å². The van der Waals surface area contributed by atoms with Crippen LogP contribution < -0.4 is 5.32 Å². The number of likely N-dealkylation sites (tertiary alicyclic amines) is 1. The van der Waals surface area contributed by atoms with E-state index in [2.05, 4.69) is 10.3 Å². The number of amides is 1. The van der Waals surface area contributed by atoms with E-state index in [1.807, 2.05) is 25.8 Å². The first-order valence-electron chi connectivity index (χ1n) is 7.65. The summed E-state index contributed by atoms with van der Waals surface area (Å²) in [7, 11) is 1.94. The summed E-state index contributed by atoms with van der Waals surface area (Å²) < 4.78 is 0. The molecule has 1 aliphatic rings. The minimum Gasteiger partial charge on any atom is -0.354 e. The molecule has 1 amide bonds. The van der Waals surface area contributed by atoms with Gasteiger partial charge in [0.25, 0.3) is 5.91 Å². The highest BCUT2D eigenvalue weighted by atomic mass is 35.5. The van der Waals surface area contributed by atoms with Crippen molar-refractivity contribution in [2.75, 3.05) is 26.7 Å². The number of aryl methyl sites for hydroxylation is 1. The Morgan fingerprint density at radius 2 is 2.09 bits per heavy atom. The minimum absolute atomic E-state index is 0. The number of hydrogen-bond donors (Lipinski definition) is 2. The Hall–Kier alpha value is -1.33. The highest BCUT2D eigenvalue weighted by molar-refractivity contribution is 6.02. The topological polar surface area (TPSA) is 65.2 Å². The molecule has 1 aliphatic heterocycles. The van der Waals surface area contributed by atoms with Crippen LogP contribution in [0.1, 0.15) is 52.4 Å². The predicted molar refractivity (Wildman–Crippen MR) is 90.1 cm³/mol. The Balaban J connectivity index is 0.00000242. The lowest BCUT2D eigenvalue weighted by molar-refractivity contribution is 0.0781. The standard InChI is InChI=1S/C16H25N3O2.ClH/c1-5-13-14(11(3)20)10(2)18-15(13)16(21)19-7-6-12(9-19)8-17-4;/h12,17-18H,5-9H2,1-4H3;1H.